The van der Waals surface area contributed by atoms with E-state index in [0.717, 1.165) is 18.4 Å². The van der Waals surface area contributed by atoms with E-state index in [-0.39, 0.29) is 23.8 Å². The fourth-order valence-corrected chi connectivity index (χ4v) is 6.32. The highest BCUT2D eigenvalue weighted by Crippen LogP contribution is 2.40. The Kier molecular flexibility index (Phi) is 7.96. The monoisotopic (exact) mass is 459 g/mol. The van der Waals surface area contributed by atoms with Crippen LogP contribution in [0.2, 0.25) is 0 Å². The van der Waals surface area contributed by atoms with Gasteiger partial charge < -0.3 is 9.84 Å². The molecule has 1 N–H and O–H groups in total. The van der Waals surface area contributed by atoms with Crippen molar-refractivity contribution in [2.24, 2.45) is 0 Å². The van der Waals surface area contributed by atoms with Crippen molar-refractivity contribution in [1.82, 2.24) is 4.90 Å². The Labute approximate surface area is 191 Å². The Morgan fingerprint density at radius 1 is 1.12 bits per heavy atom. The van der Waals surface area contributed by atoms with E-state index in [0.29, 0.717) is 31.9 Å². The third-order valence-corrected chi connectivity index (χ3v) is 8.86. The van der Waals surface area contributed by atoms with Crippen molar-refractivity contribution in [2.75, 3.05) is 13.2 Å². The number of likely N-dealkylation sites (tertiary alicyclic amines) is 1. The van der Waals surface area contributed by atoms with E-state index in [2.05, 4.69) is 11.8 Å². The summed E-state index contributed by atoms with van der Waals surface area (Å²) in [5, 5.41) is 10.2. The summed E-state index contributed by atoms with van der Waals surface area (Å²) < 4.78 is 31.0. The molecule has 1 aliphatic heterocycles. The minimum Gasteiger partial charge on any atom is -0.494 e. The minimum absolute atomic E-state index is 0.0362. The maximum absolute atomic E-state index is 13.6. The van der Waals surface area contributed by atoms with Gasteiger partial charge in [-0.25, -0.2) is 8.42 Å². The number of hydrogen-bond donors (Lipinski definition) is 1. The van der Waals surface area contributed by atoms with Crippen LogP contribution in [0.1, 0.15) is 51.5 Å². The number of carboxylic acid groups (broad SMARTS) is 1. The summed E-state index contributed by atoms with van der Waals surface area (Å²) in [4.78, 5) is 14.7. The first kappa shape index (κ1) is 24.3. The van der Waals surface area contributed by atoms with Crippen LogP contribution in [0.4, 0.5) is 0 Å². The van der Waals surface area contributed by atoms with Gasteiger partial charge >= 0.3 is 5.97 Å². The number of ether oxygens (including phenoxy) is 1. The molecule has 2 unspecified atom stereocenters. The smallest absolute Gasteiger partial charge is 0.325 e. The molecule has 0 aliphatic carbocycles. The predicted molar refractivity (Wildman–Crippen MR) is 125 cm³/mol. The number of nitrogens with zero attached hydrogens (tertiary/aromatic N) is 1. The van der Waals surface area contributed by atoms with Crippen LogP contribution in [0.15, 0.2) is 59.5 Å². The third kappa shape index (κ3) is 4.99. The SMILES string of the molecule is CCCCOc1ccc(S(=O)(=O)C2(C(=O)O)CCN(Cc3ccccc3)C(CC)C2)cc1. The maximum Gasteiger partial charge on any atom is 0.325 e. The summed E-state index contributed by atoms with van der Waals surface area (Å²) >= 11 is 0. The molecule has 0 spiro atoms. The van der Waals surface area contributed by atoms with Gasteiger partial charge in [0.25, 0.3) is 0 Å². The van der Waals surface area contributed by atoms with Crippen LogP contribution in [0.5, 0.6) is 5.75 Å². The molecular formula is C25H33NO5S. The number of aliphatic carboxylic acids is 1. The average Bonchev–Trinajstić information content (AvgIpc) is 2.80. The highest BCUT2D eigenvalue weighted by Gasteiger charge is 2.55. The van der Waals surface area contributed by atoms with Gasteiger partial charge in [0.2, 0.25) is 0 Å². The number of carbonyl (C=O) groups is 1. The summed E-state index contributed by atoms with van der Waals surface area (Å²) in [5.74, 6) is -0.676. The van der Waals surface area contributed by atoms with Crippen molar-refractivity contribution in [3.05, 3.63) is 60.2 Å². The zero-order valence-electron chi connectivity index (χ0n) is 18.9. The molecule has 6 nitrogen and oxygen atoms in total. The quantitative estimate of drug-likeness (QED) is 0.525. The van der Waals surface area contributed by atoms with Gasteiger partial charge in [0.15, 0.2) is 14.6 Å². The van der Waals surface area contributed by atoms with Gasteiger partial charge in [0.1, 0.15) is 5.75 Å². The standard InChI is InChI=1S/C25H33NO5S/c1-3-5-17-31-22-11-13-23(14-12-22)32(29,30)25(24(27)28)15-16-26(21(4-2)18-25)19-20-9-7-6-8-10-20/h6-14,21H,3-5,15-19H2,1-2H3,(H,27,28). The first-order chi connectivity index (χ1) is 15.3. The molecule has 1 heterocycles. The molecule has 0 aromatic heterocycles. The molecule has 2 aromatic carbocycles. The first-order valence-electron chi connectivity index (χ1n) is 11.3. The van der Waals surface area contributed by atoms with Crippen LogP contribution < -0.4 is 4.74 Å². The summed E-state index contributed by atoms with van der Waals surface area (Å²) in [6, 6.07) is 16.0. The van der Waals surface area contributed by atoms with E-state index in [9.17, 15) is 18.3 Å². The molecule has 7 heteroatoms. The normalized spacial score (nSPS) is 21.9. The van der Waals surface area contributed by atoms with Gasteiger partial charge in [0.05, 0.1) is 11.5 Å². The number of unbranched alkanes of at least 4 members (excludes halogenated alkanes) is 1. The molecule has 0 radical (unpaired) electrons. The van der Waals surface area contributed by atoms with Gasteiger partial charge in [-0.05, 0) is 55.5 Å². The molecule has 32 heavy (non-hydrogen) atoms. The van der Waals surface area contributed by atoms with Gasteiger partial charge in [0, 0.05) is 19.1 Å². The molecule has 0 amide bonds. The zero-order chi connectivity index (χ0) is 23.2. The maximum atomic E-state index is 13.6. The summed E-state index contributed by atoms with van der Waals surface area (Å²) in [7, 11) is -4.09. The zero-order valence-corrected chi connectivity index (χ0v) is 19.7. The largest absolute Gasteiger partial charge is 0.494 e. The van der Waals surface area contributed by atoms with E-state index in [4.69, 9.17) is 4.74 Å². The van der Waals surface area contributed by atoms with Crippen LogP contribution in [0.3, 0.4) is 0 Å². The molecule has 1 aliphatic rings. The van der Waals surface area contributed by atoms with Crippen molar-refractivity contribution in [3.8, 4) is 5.75 Å². The van der Waals surface area contributed by atoms with Crippen LogP contribution in [-0.4, -0.2) is 48.3 Å². The lowest BCUT2D eigenvalue weighted by molar-refractivity contribution is -0.142. The van der Waals surface area contributed by atoms with E-state index in [1.165, 1.54) is 12.1 Å². The van der Waals surface area contributed by atoms with Gasteiger partial charge in [-0.15, -0.1) is 0 Å². The highest BCUT2D eigenvalue weighted by atomic mass is 32.2. The fourth-order valence-electron chi connectivity index (χ4n) is 4.38. The lowest BCUT2D eigenvalue weighted by Crippen LogP contribution is -2.57. The van der Waals surface area contributed by atoms with Crippen LogP contribution in [0.25, 0.3) is 0 Å². The average molecular weight is 460 g/mol. The Bertz CT molecular complexity index is 991. The molecule has 3 rings (SSSR count). The lowest BCUT2D eigenvalue weighted by atomic mass is 9.88. The Morgan fingerprint density at radius 2 is 1.81 bits per heavy atom. The minimum atomic E-state index is -4.09. The van der Waals surface area contributed by atoms with Crippen molar-refractivity contribution in [1.29, 1.82) is 0 Å². The molecule has 1 fully saturated rings. The van der Waals surface area contributed by atoms with Crippen molar-refractivity contribution in [2.45, 2.75) is 68.2 Å². The Morgan fingerprint density at radius 3 is 2.41 bits per heavy atom. The van der Waals surface area contributed by atoms with Gasteiger partial charge in [-0.3, -0.25) is 9.69 Å². The second-order valence-electron chi connectivity index (χ2n) is 8.45. The molecule has 0 saturated carbocycles. The van der Waals surface area contributed by atoms with E-state index < -0.39 is 20.6 Å². The Balaban J connectivity index is 1.83. The highest BCUT2D eigenvalue weighted by molar-refractivity contribution is 7.93. The number of rotatable bonds is 10. The van der Waals surface area contributed by atoms with Crippen molar-refractivity contribution in [3.63, 3.8) is 0 Å². The number of piperidine rings is 1. The van der Waals surface area contributed by atoms with E-state index in [1.807, 2.05) is 37.3 Å². The second-order valence-corrected chi connectivity index (χ2v) is 10.7. The van der Waals surface area contributed by atoms with E-state index in [1.54, 1.807) is 12.1 Å². The number of benzene rings is 2. The molecule has 174 valence electrons. The van der Waals surface area contributed by atoms with Gasteiger partial charge in [-0.1, -0.05) is 50.6 Å². The lowest BCUT2D eigenvalue weighted by Gasteiger charge is -2.43. The fraction of sp³-hybridized carbons (Fsp3) is 0.480. The van der Waals surface area contributed by atoms with Crippen LogP contribution in [0, 0.1) is 0 Å². The molecule has 2 atom stereocenters. The van der Waals surface area contributed by atoms with Crippen LogP contribution in [-0.2, 0) is 21.2 Å². The van der Waals surface area contributed by atoms with Crippen LogP contribution >= 0.6 is 0 Å². The van der Waals surface area contributed by atoms with Crippen molar-refractivity contribution >= 4 is 15.8 Å². The Hall–Kier alpha value is -2.38. The number of carboxylic acids is 1. The summed E-state index contributed by atoms with van der Waals surface area (Å²) in [6.07, 6.45) is 2.74. The molecular weight excluding hydrogens is 426 g/mol. The number of hydrogen-bond acceptors (Lipinski definition) is 5. The summed E-state index contributed by atoms with van der Waals surface area (Å²) in [5.41, 5.74) is 1.13. The van der Waals surface area contributed by atoms with Gasteiger partial charge in [-0.2, -0.15) is 0 Å². The number of sulfone groups is 1. The second kappa shape index (κ2) is 10.5. The molecule has 2 aromatic rings. The van der Waals surface area contributed by atoms with Crippen molar-refractivity contribution < 1.29 is 23.1 Å². The molecule has 0 bridgehead atoms. The van der Waals surface area contributed by atoms with E-state index >= 15 is 0 Å². The molecule has 1 saturated heterocycles. The third-order valence-electron chi connectivity index (χ3n) is 6.39. The summed E-state index contributed by atoms with van der Waals surface area (Å²) in [6.45, 7) is 5.71. The first-order valence-corrected chi connectivity index (χ1v) is 12.8. The predicted octanol–water partition coefficient (Wildman–Crippen LogP) is 4.54. The topological polar surface area (TPSA) is 83.9 Å².